The summed E-state index contributed by atoms with van der Waals surface area (Å²) >= 11 is 17.6. The second-order valence-corrected chi connectivity index (χ2v) is 4.91. The van der Waals surface area contributed by atoms with Gasteiger partial charge in [-0.05, 0) is 31.2 Å². The summed E-state index contributed by atoms with van der Waals surface area (Å²) in [6, 6.07) is 8.52. The lowest BCUT2D eigenvalue weighted by atomic mass is 10.1. The van der Waals surface area contributed by atoms with Crippen LogP contribution in [-0.4, -0.2) is 15.9 Å². The number of anilines is 1. The lowest BCUT2D eigenvalue weighted by Gasteiger charge is -2.05. The summed E-state index contributed by atoms with van der Waals surface area (Å²) in [6.45, 7) is 1.82. The summed E-state index contributed by atoms with van der Waals surface area (Å²) in [7, 11) is 0. The fourth-order valence-electron chi connectivity index (χ4n) is 1.36. The van der Waals surface area contributed by atoms with Gasteiger partial charge in [-0.3, -0.25) is 5.43 Å². The number of rotatable bonds is 3. The Kier molecular flexibility index (Phi) is 4.58. The van der Waals surface area contributed by atoms with E-state index in [-0.39, 0.29) is 0 Å². The largest absolute Gasteiger partial charge is 0.260 e. The van der Waals surface area contributed by atoms with Crippen LogP contribution in [0.4, 0.5) is 5.82 Å². The van der Waals surface area contributed by atoms with Gasteiger partial charge >= 0.3 is 0 Å². The van der Waals surface area contributed by atoms with Crippen LogP contribution in [0.3, 0.4) is 0 Å². The number of halogens is 3. The Hall–Kier alpha value is -1.36. The molecule has 0 saturated carbocycles. The van der Waals surface area contributed by atoms with Crippen molar-refractivity contribution in [3.05, 3.63) is 51.1 Å². The predicted octanol–water partition coefficient (Wildman–Crippen LogP) is 4.27. The van der Waals surface area contributed by atoms with Crippen LogP contribution in [0.2, 0.25) is 15.2 Å². The number of nitrogens with one attached hydrogen (secondary N) is 1. The smallest absolute Gasteiger partial charge is 0.168 e. The van der Waals surface area contributed by atoms with Gasteiger partial charge in [0, 0.05) is 10.6 Å². The van der Waals surface area contributed by atoms with E-state index in [1.807, 2.05) is 6.92 Å². The second kappa shape index (κ2) is 6.19. The van der Waals surface area contributed by atoms with E-state index >= 15 is 0 Å². The molecule has 1 N–H and O–H groups in total. The zero-order chi connectivity index (χ0) is 13.8. The molecule has 1 aromatic heterocycles. The van der Waals surface area contributed by atoms with Gasteiger partial charge in [0.25, 0.3) is 0 Å². The summed E-state index contributed by atoms with van der Waals surface area (Å²) < 4.78 is 0. The Bertz CT molecular complexity index is 611. The van der Waals surface area contributed by atoms with Crippen molar-refractivity contribution in [1.29, 1.82) is 0 Å². The highest BCUT2D eigenvalue weighted by molar-refractivity contribution is 6.37. The molecule has 0 bridgehead atoms. The third-order valence-electron chi connectivity index (χ3n) is 2.29. The van der Waals surface area contributed by atoms with E-state index in [9.17, 15) is 0 Å². The standard InChI is InChI=1S/C12H9Cl3N4/c1-7(9-3-2-8(13)6-10(9)14)16-18-12-5-4-11(15)17-19-12/h2-6H,1H3,(H,18,19)/b16-7-. The van der Waals surface area contributed by atoms with Gasteiger partial charge in [0.1, 0.15) is 0 Å². The van der Waals surface area contributed by atoms with E-state index in [4.69, 9.17) is 34.8 Å². The molecule has 1 aromatic carbocycles. The molecule has 1 heterocycles. The molecule has 19 heavy (non-hydrogen) atoms. The number of nitrogens with zero attached hydrogens (tertiary/aromatic N) is 3. The number of benzene rings is 1. The number of aromatic nitrogens is 2. The van der Waals surface area contributed by atoms with Crippen molar-refractivity contribution in [1.82, 2.24) is 10.2 Å². The topological polar surface area (TPSA) is 50.2 Å². The Labute approximate surface area is 125 Å². The van der Waals surface area contributed by atoms with Gasteiger partial charge in [0.15, 0.2) is 11.0 Å². The molecule has 0 radical (unpaired) electrons. The second-order valence-electron chi connectivity index (χ2n) is 3.67. The first-order valence-electron chi connectivity index (χ1n) is 5.31. The zero-order valence-electron chi connectivity index (χ0n) is 9.86. The Morgan fingerprint density at radius 3 is 2.53 bits per heavy atom. The van der Waals surface area contributed by atoms with Crippen LogP contribution in [0.25, 0.3) is 0 Å². The molecular formula is C12H9Cl3N4. The molecule has 4 nitrogen and oxygen atoms in total. The molecule has 2 rings (SSSR count). The monoisotopic (exact) mass is 314 g/mol. The molecule has 0 fully saturated rings. The van der Waals surface area contributed by atoms with Crippen LogP contribution in [0, 0.1) is 0 Å². The number of hydrogen-bond donors (Lipinski definition) is 1. The minimum absolute atomic E-state index is 0.326. The summed E-state index contributed by atoms with van der Waals surface area (Å²) in [6.07, 6.45) is 0. The first-order valence-corrected chi connectivity index (χ1v) is 6.44. The fourth-order valence-corrected chi connectivity index (χ4v) is 2.01. The normalized spacial score (nSPS) is 11.5. The van der Waals surface area contributed by atoms with E-state index in [1.165, 1.54) is 0 Å². The van der Waals surface area contributed by atoms with Crippen LogP contribution in [0.5, 0.6) is 0 Å². The molecule has 2 aromatic rings. The maximum atomic E-state index is 6.09. The Balaban J connectivity index is 2.16. The predicted molar refractivity (Wildman–Crippen MR) is 79.3 cm³/mol. The van der Waals surface area contributed by atoms with Crippen LogP contribution in [-0.2, 0) is 0 Å². The van der Waals surface area contributed by atoms with Crippen LogP contribution < -0.4 is 5.43 Å². The number of hydrazone groups is 1. The Morgan fingerprint density at radius 2 is 1.89 bits per heavy atom. The average molecular weight is 316 g/mol. The summed E-state index contributed by atoms with van der Waals surface area (Å²) in [5, 5.41) is 13.2. The van der Waals surface area contributed by atoms with Crippen molar-refractivity contribution >= 4 is 46.3 Å². The quantitative estimate of drug-likeness (QED) is 0.679. The zero-order valence-corrected chi connectivity index (χ0v) is 12.1. The lowest BCUT2D eigenvalue weighted by molar-refractivity contribution is 1.02. The van der Waals surface area contributed by atoms with Gasteiger partial charge in [0.2, 0.25) is 0 Å². The maximum Gasteiger partial charge on any atom is 0.168 e. The molecule has 0 atom stereocenters. The average Bonchev–Trinajstić information content (AvgIpc) is 2.37. The van der Waals surface area contributed by atoms with Crippen LogP contribution in [0.15, 0.2) is 35.4 Å². The van der Waals surface area contributed by atoms with Gasteiger partial charge in [-0.15, -0.1) is 10.2 Å². The summed E-state index contributed by atoms with van der Waals surface area (Å²) in [4.78, 5) is 0. The lowest BCUT2D eigenvalue weighted by Crippen LogP contribution is -2.02. The van der Waals surface area contributed by atoms with Gasteiger partial charge in [-0.1, -0.05) is 40.9 Å². The van der Waals surface area contributed by atoms with Crippen LogP contribution >= 0.6 is 34.8 Å². The fraction of sp³-hybridized carbons (Fsp3) is 0.0833. The Morgan fingerprint density at radius 1 is 1.11 bits per heavy atom. The van der Waals surface area contributed by atoms with E-state index < -0.39 is 0 Å². The van der Waals surface area contributed by atoms with Gasteiger partial charge in [-0.25, -0.2) is 0 Å². The van der Waals surface area contributed by atoms with E-state index in [0.29, 0.717) is 26.7 Å². The van der Waals surface area contributed by atoms with E-state index in [0.717, 1.165) is 5.56 Å². The first-order chi connectivity index (χ1) is 9.06. The minimum atomic E-state index is 0.326. The third-order valence-corrected chi connectivity index (χ3v) is 3.04. The molecule has 7 heteroatoms. The van der Waals surface area contributed by atoms with E-state index in [2.05, 4.69) is 20.7 Å². The van der Waals surface area contributed by atoms with Gasteiger partial charge in [-0.2, -0.15) is 5.10 Å². The van der Waals surface area contributed by atoms with Gasteiger partial charge in [0.05, 0.1) is 10.7 Å². The third kappa shape index (κ3) is 3.80. The molecule has 0 aliphatic heterocycles. The molecule has 0 aliphatic carbocycles. The highest BCUT2D eigenvalue weighted by Crippen LogP contribution is 2.21. The maximum absolute atomic E-state index is 6.09. The van der Waals surface area contributed by atoms with Crippen molar-refractivity contribution in [3.8, 4) is 0 Å². The summed E-state index contributed by atoms with van der Waals surface area (Å²) in [5.41, 5.74) is 4.28. The molecule has 0 unspecified atom stereocenters. The van der Waals surface area contributed by atoms with Crippen LogP contribution in [0.1, 0.15) is 12.5 Å². The highest BCUT2D eigenvalue weighted by Gasteiger charge is 2.04. The van der Waals surface area contributed by atoms with Crippen molar-refractivity contribution in [2.24, 2.45) is 5.10 Å². The van der Waals surface area contributed by atoms with Crippen molar-refractivity contribution in [3.63, 3.8) is 0 Å². The number of hydrogen-bond acceptors (Lipinski definition) is 4. The first kappa shape index (κ1) is 14.1. The highest BCUT2D eigenvalue weighted by atomic mass is 35.5. The summed E-state index contributed by atoms with van der Waals surface area (Å²) in [5.74, 6) is 0.494. The van der Waals surface area contributed by atoms with Crippen molar-refractivity contribution < 1.29 is 0 Å². The molecule has 98 valence electrons. The molecule has 0 amide bonds. The van der Waals surface area contributed by atoms with Crippen molar-refractivity contribution in [2.75, 3.05) is 5.43 Å². The molecule has 0 aliphatic rings. The van der Waals surface area contributed by atoms with Crippen molar-refractivity contribution in [2.45, 2.75) is 6.92 Å². The van der Waals surface area contributed by atoms with Gasteiger partial charge < -0.3 is 0 Å². The molecular weight excluding hydrogens is 307 g/mol. The SMILES string of the molecule is C/C(=N/Nc1ccc(Cl)nn1)c1ccc(Cl)cc1Cl. The minimum Gasteiger partial charge on any atom is -0.260 e. The molecule has 0 saturated heterocycles. The van der Waals surface area contributed by atoms with E-state index in [1.54, 1.807) is 30.3 Å². The molecule has 0 spiro atoms.